The van der Waals surface area contributed by atoms with Gasteiger partial charge >= 0.3 is 0 Å². The van der Waals surface area contributed by atoms with Gasteiger partial charge < -0.3 is 0 Å². The molecule has 5 aromatic rings. The summed E-state index contributed by atoms with van der Waals surface area (Å²) >= 11 is 0. The third kappa shape index (κ3) is 2.77. The molecule has 0 radical (unpaired) electrons. The minimum absolute atomic E-state index is 0.640. The topological polar surface area (TPSA) is 43.1 Å². The molecule has 2 aromatic heterocycles. The Bertz CT molecular complexity index is 1200. The van der Waals surface area contributed by atoms with Gasteiger partial charge in [0.25, 0.3) is 0 Å². The van der Waals surface area contributed by atoms with E-state index < -0.39 is 0 Å². The van der Waals surface area contributed by atoms with E-state index in [1.165, 1.54) is 0 Å². The molecule has 3 aromatic carbocycles. The van der Waals surface area contributed by atoms with Crippen molar-refractivity contribution in [2.75, 3.05) is 0 Å². The summed E-state index contributed by atoms with van der Waals surface area (Å²) in [6, 6.07) is 30.4. The zero-order valence-corrected chi connectivity index (χ0v) is 14.5. The fraction of sp³-hybridized carbons (Fsp3) is 0. The number of aromatic nitrogens is 4. The number of hydrogen-bond acceptors (Lipinski definition) is 3. The van der Waals surface area contributed by atoms with Gasteiger partial charge in [0.05, 0.1) is 11.4 Å². The first kappa shape index (κ1) is 15.5. The van der Waals surface area contributed by atoms with E-state index in [4.69, 9.17) is 9.97 Å². The van der Waals surface area contributed by atoms with E-state index in [0.29, 0.717) is 11.6 Å². The van der Waals surface area contributed by atoms with Gasteiger partial charge in [-0.1, -0.05) is 91.0 Å². The van der Waals surface area contributed by atoms with Gasteiger partial charge in [0, 0.05) is 16.7 Å². The highest BCUT2D eigenvalue weighted by Gasteiger charge is 2.17. The zero-order chi connectivity index (χ0) is 18.1. The second kappa shape index (κ2) is 6.50. The van der Waals surface area contributed by atoms with E-state index in [2.05, 4.69) is 29.2 Å². The van der Waals surface area contributed by atoms with Gasteiger partial charge in [-0.3, -0.25) is 4.40 Å². The largest absolute Gasteiger partial charge is 0.266 e. The predicted molar refractivity (Wildman–Crippen MR) is 107 cm³/mol. The molecule has 4 nitrogen and oxygen atoms in total. The molecule has 0 atom stereocenters. The molecular weight excluding hydrogens is 332 g/mol. The van der Waals surface area contributed by atoms with Crippen molar-refractivity contribution < 1.29 is 0 Å². The summed E-state index contributed by atoms with van der Waals surface area (Å²) in [7, 11) is 0. The number of fused-ring (bicyclic) bond motifs is 1. The lowest BCUT2D eigenvalue weighted by Crippen LogP contribution is -1.96. The third-order valence-corrected chi connectivity index (χ3v) is 4.52. The molecule has 0 amide bonds. The molecule has 0 aliphatic rings. The summed E-state index contributed by atoms with van der Waals surface area (Å²) < 4.78 is 1.96. The molecule has 0 bridgehead atoms. The van der Waals surface area contributed by atoms with Gasteiger partial charge in [0.15, 0.2) is 5.82 Å². The van der Waals surface area contributed by atoms with E-state index in [0.717, 1.165) is 28.1 Å². The Hall–Kier alpha value is -3.79. The standard InChI is InChI=1S/C23H16N4/c1-4-10-17(11-5-1)20-21(18-12-6-2-7-13-18)27-16-24-22(26-23(27)25-20)19-14-8-3-9-15-19/h1-16H. The van der Waals surface area contributed by atoms with Crippen LogP contribution in [0.1, 0.15) is 0 Å². The predicted octanol–water partition coefficient (Wildman–Crippen LogP) is 5.13. The van der Waals surface area contributed by atoms with Gasteiger partial charge in [0.1, 0.15) is 6.33 Å². The number of nitrogens with zero attached hydrogens (tertiary/aromatic N) is 4. The highest BCUT2D eigenvalue weighted by Crippen LogP contribution is 2.32. The fourth-order valence-corrected chi connectivity index (χ4v) is 3.24. The van der Waals surface area contributed by atoms with Crippen LogP contribution in [0.5, 0.6) is 0 Å². The van der Waals surface area contributed by atoms with Crippen molar-refractivity contribution in [1.29, 1.82) is 0 Å². The van der Waals surface area contributed by atoms with Crippen molar-refractivity contribution in [1.82, 2.24) is 19.4 Å². The molecule has 0 spiro atoms. The van der Waals surface area contributed by atoms with Crippen molar-refractivity contribution in [3.05, 3.63) is 97.3 Å². The summed E-state index contributed by atoms with van der Waals surface area (Å²) in [5.41, 5.74) is 5.02. The van der Waals surface area contributed by atoms with Crippen molar-refractivity contribution >= 4 is 5.78 Å². The Morgan fingerprint density at radius 1 is 0.556 bits per heavy atom. The highest BCUT2D eigenvalue weighted by atomic mass is 15.2. The summed E-state index contributed by atoms with van der Waals surface area (Å²) in [5, 5.41) is 0. The molecule has 0 fully saturated rings. The van der Waals surface area contributed by atoms with Crippen LogP contribution in [-0.4, -0.2) is 19.4 Å². The first-order chi connectivity index (χ1) is 13.4. The normalized spacial score (nSPS) is 11.0. The molecule has 0 unspecified atom stereocenters. The molecule has 5 rings (SSSR count). The number of rotatable bonds is 3. The van der Waals surface area contributed by atoms with E-state index in [-0.39, 0.29) is 0 Å². The van der Waals surface area contributed by atoms with Crippen LogP contribution >= 0.6 is 0 Å². The van der Waals surface area contributed by atoms with Crippen LogP contribution in [0.3, 0.4) is 0 Å². The summed E-state index contributed by atoms with van der Waals surface area (Å²) in [6.45, 7) is 0. The van der Waals surface area contributed by atoms with Crippen LogP contribution in [0.2, 0.25) is 0 Å². The first-order valence-electron chi connectivity index (χ1n) is 8.81. The lowest BCUT2D eigenvalue weighted by molar-refractivity contribution is 1.02. The van der Waals surface area contributed by atoms with Gasteiger partial charge in [-0.2, -0.15) is 4.98 Å². The second-order valence-electron chi connectivity index (χ2n) is 6.26. The quantitative estimate of drug-likeness (QED) is 0.454. The fourth-order valence-electron chi connectivity index (χ4n) is 3.24. The number of imidazole rings is 1. The molecule has 0 aliphatic heterocycles. The first-order valence-corrected chi connectivity index (χ1v) is 8.81. The maximum atomic E-state index is 4.86. The van der Waals surface area contributed by atoms with Crippen LogP contribution in [0.4, 0.5) is 0 Å². The summed E-state index contributed by atoms with van der Waals surface area (Å²) in [4.78, 5) is 14.2. The van der Waals surface area contributed by atoms with E-state index >= 15 is 0 Å². The molecule has 4 heteroatoms. The third-order valence-electron chi connectivity index (χ3n) is 4.52. The molecule has 0 saturated heterocycles. The Kier molecular flexibility index (Phi) is 3.72. The van der Waals surface area contributed by atoms with Crippen LogP contribution in [0.15, 0.2) is 97.3 Å². The lowest BCUT2D eigenvalue weighted by Gasteiger charge is -2.05. The SMILES string of the molecule is c1ccc(-c2ncn3c(-c4ccccc4)c(-c4ccccc4)nc3n2)cc1. The minimum Gasteiger partial charge on any atom is -0.266 e. The molecule has 128 valence electrons. The van der Waals surface area contributed by atoms with Crippen LogP contribution in [0, 0.1) is 0 Å². The van der Waals surface area contributed by atoms with Gasteiger partial charge in [-0.05, 0) is 0 Å². The maximum absolute atomic E-state index is 4.86. The van der Waals surface area contributed by atoms with E-state index in [1.54, 1.807) is 0 Å². The lowest BCUT2D eigenvalue weighted by atomic mass is 10.1. The Balaban J connectivity index is 1.77. The van der Waals surface area contributed by atoms with Crippen molar-refractivity contribution in [2.24, 2.45) is 0 Å². The summed E-state index contributed by atoms with van der Waals surface area (Å²) in [6.07, 6.45) is 1.81. The molecule has 0 aliphatic carbocycles. The Morgan fingerprint density at radius 3 is 1.74 bits per heavy atom. The second-order valence-corrected chi connectivity index (χ2v) is 6.26. The maximum Gasteiger partial charge on any atom is 0.238 e. The minimum atomic E-state index is 0.640. The monoisotopic (exact) mass is 348 g/mol. The van der Waals surface area contributed by atoms with Crippen LogP contribution < -0.4 is 0 Å². The van der Waals surface area contributed by atoms with E-state index in [1.807, 2.05) is 77.5 Å². The number of benzene rings is 3. The van der Waals surface area contributed by atoms with Crippen molar-refractivity contribution in [3.63, 3.8) is 0 Å². The molecular formula is C23H16N4. The van der Waals surface area contributed by atoms with E-state index in [9.17, 15) is 0 Å². The Labute approximate surface area is 156 Å². The van der Waals surface area contributed by atoms with Crippen molar-refractivity contribution in [2.45, 2.75) is 0 Å². The number of hydrogen-bond donors (Lipinski definition) is 0. The summed E-state index contributed by atoms with van der Waals surface area (Å²) in [5.74, 6) is 1.31. The molecule has 0 saturated carbocycles. The van der Waals surface area contributed by atoms with Gasteiger partial charge in [-0.25, -0.2) is 9.97 Å². The van der Waals surface area contributed by atoms with Gasteiger partial charge in [-0.15, -0.1) is 0 Å². The smallest absolute Gasteiger partial charge is 0.238 e. The van der Waals surface area contributed by atoms with Gasteiger partial charge in [0.2, 0.25) is 5.78 Å². The zero-order valence-electron chi connectivity index (χ0n) is 14.5. The molecule has 27 heavy (non-hydrogen) atoms. The van der Waals surface area contributed by atoms with Crippen LogP contribution in [0.25, 0.3) is 39.7 Å². The average molecular weight is 348 g/mol. The average Bonchev–Trinajstić information content (AvgIpc) is 3.14. The van der Waals surface area contributed by atoms with Crippen molar-refractivity contribution in [3.8, 4) is 33.9 Å². The van der Waals surface area contributed by atoms with Crippen LogP contribution in [-0.2, 0) is 0 Å². The molecule has 2 heterocycles. The Morgan fingerprint density at radius 2 is 1.11 bits per heavy atom. The highest BCUT2D eigenvalue weighted by molar-refractivity contribution is 5.81. The molecule has 0 N–H and O–H groups in total.